The molecule has 5 rings (SSSR count). The monoisotopic (exact) mass is 569 g/mol. The van der Waals surface area contributed by atoms with Crippen molar-refractivity contribution in [3.63, 3.8) is 0 Å². The van der Waals surface area contributed by atoms with Crippen LogP contribution in [0.5, 0.6) is 5.75 Å². The number of ether oxygens (including phenoxy) is 1. The number of benzene rings is 3. The van der Waals surface area contributed by atoms with E-state index in [0.29, 0.717) is 35.1 Å². The Hall–Kier alpha value is -3.96. The van der Waals surface area contributed by atoms with Gasteiger partial charge in [-0.2, -0.15) is 17.5 Å². The second kappa shape index (κ2) is 11.3. The molecule has 1 aromatic heterocycles. The first-order valence-corrected chi connectivity index (χ1v) is 14.1. The van der Waals surface area contributed by atoms with Gasteiger partial charge in [0, 0.05) is 24.7 Å². The molecule has 1 aliphatic rings. The maximum absolute atomic E-state index is 13.4. The number of carbonyl (C=O) groups is 1. The zero-order valence-corrected chi connectivity index (χ0v) is 22.1. The first kappa shape index (κ1) is 27.6. The van der Waals surface area contributed by atoms with E-state index in [1.165, 1.54) is 22.6 Å². The zero-order chi connectivity index (χ0) is 28.3. The third kappa shape index (κ3) is 6.10. The number of hydrogen-bond donors (Lipinski definition) is 1. The van der Waals surface area contributed by atoms with Gasteiger partial charge >= 0.3 is 6.18 Å². The number of aromatic nitrogens is 1. The fourth-order valence-electron chi connectivity index (χ4n) is 4.63. The lowest BCUT2D eigenvalue weighted by atomic mass is 10.1. The van der Waals surface area contributed by atoms with Crippen LogP contribution in [0.4, 0.5) is 13.2 Å². The Morgan fingerprint density at radius 2 is 1.77 bits per heavy atom. The molecule has 1 fully saturated rings. The van der Waals surface area contributed by atoms with Crippen LogP contribution < -0.4 is 10.1 Å². The summed E-state index contributed by atoms with van der Waals surface area (Å²) >= 11 is 0. The average Bonchev–Trinajstić information content (AvgIpc) is 3.46. The van der Waals surface area contributed by atoms with Gasteiger partial charge in [-0.05, 0) is 60.4 Å². The highest BCUT2D eigenvalue weighted by Crippen LogP contribution is 2.30. The fourth-order valence-corrected chi connectivity index (χ4v) is 6.26. The van der Waals surface area contributed by atoms with E-state index >= 15 is 0 Å². The second-order valence-electron chi connectivity index (χ2n) is 9.49. The van der Waals surface area contributed by atoms with Crippen LogP contribution in [0.2, 0.25) is 0 Å². The Morgan fingerprint density at radius 1 is 1.00 bits per heavy atom. The molecule has 40 heavy (non-hydrogen) atoms. The van der Waals surface area contributed by atoms with Crippen LogP contribution in [0.15, 0.2) is 90.0 Å². The summed E-state index contributed by atoms with van der Waals surface area (Å²) in [6.45, 7) is 0.464. The predicted molar refractivity (Wildman–Crippen MR) is 143 cm³/mol. The van der Waals surface area contributed by atoms with Crippen molar-refractivity contribution >= 4 is 26.8 Å². The number of alkyl halides is 3. The first-order chi connectivity index (χ1) is 19.1. The number of nitrogens with one attached hydrogen (secondary N) is 1. The van der Waals surface area contributed by atoms with Gasteiger partial charge in [0.15, 0.2) is 0 Å². The molecular weight excluding hydrogens is 543 g/mol. The molecular formula is C29H26F3N3O4S. The molecule has 0 saturated carbocycles. The van der Waals surface area contributed by atoms with E-state index in [1.807, 2.05) is 6.07 Å². The maximum atomic E-state index is 13.4. The third-order valence-corrected chi connectivity index (χ3v) is 8.60. The van der Waals surface area contributed by atoms with Crippen molar-refractivity contribution in [3.8, 4) is 5.75 Å². The highest BCUT2D eigenvalue weighted by Gasteiger charge is 2.39. The predicted octanol–water partition coefficient (Wildman–Crippen LogP) is 5.30. The van der Waals surface area contributed by atoms with Gasteiger partial charge in [-0.15, -0.1) is 0 Å². The van der Waals surface area contributed by atoms with Crippen molar-refractivity contribution in [3.05, 3.63) is 102 Å². The number of pyridine rings is 1. The molecule has 0 spiro atoms. The van der Waals surface area contributed by atoms with E-state index in [4.69, 9.17) is 4.74 Å². The number of halogens is 3. The molecule has 3 aromatic carbocycles. The summed E-state index contributed by atoms with van der Waals surface area (Å²) in [7, 11) is -3.93. The summed E-state index contributed by atoms with van der Waals surface area (Å²) in [5.41, 5.74) is 1.26. The highest BCUT2D eigenvalue weighted by molar-refractivity contribution is 7.89. The highest BCUT2D eigenvalue weighted by atomic mass is 32.2. The number of nitrogens with zero attached hydrogens (tertiary/aromatic N) is 2. The molecule has 7 nitrogen and oxygen atoms in total. The Kier molecular flexibility index (Phi) is 7.77. The van der Waals surface area contributed by atoms with Crippen LogP contribution >= 0.6 is 0 Å². The lowest BCUT2D eigenvalue weighted by Crippen LogP contribution is -2.45. The summed E-state index contributed by atoms with van der Waals surface area (Å²) in [4.78, 5) is 17.4. The Balaban J connectivity index is 1.20. The van der Waals surface area contributed by atoms with Crippen molar-refractivity contribution < 1.29 is 31.1 Å². The second-order valence-corrected chi connectivity index (χ2v) is 11.4. The van der Waals surface area contributed by atoms with E-state index < -0.39 is 33.7 Å². The number of para-hydroxylation sites is 1. The minimum atomic E-state index is -4.40. The number of amides is 1. The summed E-state index contributed by atoms with van der Waals surface area (Å²) in [5.74, 6) is 0.0893. The van der Waals surface area contributed by atoms with Crippen LogP contribution in [0, 0.1) is 0 Å². The van der Waals surface area contributed by atoms with Crippen molar-refractivity contribution in [1.29, 1.82) is 0 Å². The molecule has 1 amide bonds. The third-order valence-electron chi connectivity index (χ3n) is 6.73. The van der Waals surface area contributed by atoms with E-state index in [-0.39, 0.29) is 24.6 Å². The van der Waals surface area contributed by atoms with Crippen LogP contribution in [0.25, 0.3) is 10.9 Å². The topological polar surface area (TPSA) is 88.6 Å². The van der Waals surface area contributed by atoms with Gasteiger partial charge in [0.2, 0.25) is 15.9 Å². The number of rotatable bonds is 8. The van der Waals surface area contributed by atoms with Gasteiger partial charge in [-0.3, -0.25) is 9.78 Å². The van der Waals surface area contributed by atoms with Crippen LogP contribution in [-0.4, -0.2) is 36.2 Å². The van der Waals surface area contributed by atoms with Gasteiger partial charge in [0.05, 0.1) is 11.1 Å². The summed E-state index contributed by atoms with van der Waals surface area (Å²) in [6.07, 6.45) is -2.11. The van der Waals surface area contributed by atoms with Crippen LogP contribution in [0.3, 0.4) is 0 Å². The Morgan fingerprint density at radius 3 is 2.55 bits per heavy atom. The van der Waals surface area contributed by atoms with Gasteiger partial charge in [-0.25, -0.2) is 8.42 Å². The van der Waals surface area contributed by atoms with E-state index in [0.717, 1.165) is 17.7 Å². The molecule has 0 aliphatic carbocycles. The molecule has 0 bridgehead atoms. The number of hydrogen-bond acceptors (Lipinski definition) is 5. The van der Waals surface area contributed by atoms with Crippen LogP contribution in [-0.2, 0) is 34.1 Å². The number of sulfonamides is 1. The van der Waals surface area contributed by atoms with E-state index in [9.17, 15) is 26.4 Å². The number of fused-ring (bicyclic) bond motifs is 1. The minimum absolute atomic E-state index is 0.0452. The molecule has 1 N–H and O–H groups in total. The van der Waals surface area contributed by atoms with Gasteiger partial charge < -0.3 is 10.1 Å². The Bertz CT molecular complexity index is 1630. The normalized spacial score (nSPS) is 16.2. The quantitative estimate of drug-likeness (QED) is 0.311. The molecule has 11 heteroatoms. The zero-order valence-electron chi connectivity index (χ0n) is 21.3. The van der Waals surface area contributed by atoms with Crippen molar-refractivity contribution in [2.75, 3.05) is 6.54 Å². The number of carbonyl (C=O) groups excluding carboxylic acids is 1. The van der Waals surface area contributed by atoms with Crippen molar-refractivity contribution in [2.45, 2.75) is 43.1 Å². The minimum Gasteiger partial charge on any atom is -0.489 e. The SMILES string of the molecule is O=C(NCc1cccc(OCc2ccc(C(F)(F)F)cc2)c1)[C@@H]1CCCN1S(=O)(=O)c1cnc2ccccc2c1. The lowest BCUT2D eigenvalue weighted by Gasteiger charge is -2.23. The largest absolute Gasteiger partial charge is 0.489 e. The van der Waals surface area contributed by atoms with E-state index in [1.54, 1.807) is 48.5 Å². The molecule has 0 radical (unpaired) electrons. The summed E-state index contributed by atoms with van der Waals surface area (Å²) in [6, 6.07) is 19.6. The molecule has 208 valence electrons. The van der Waals surface area contributed by atoms with Gasteiger partial charge in [-0.1, -0.05) is 42.5 Å². The van der Waals surface area contributed by atoms with Crippen molar-refractivity contribution in [2.24, 2.45) is 0 Å². The fraction of sp³-hybridized carbons (Fsp3) is 0.241. The van der Waals surface area contributed by atoms with Gasteiger partial charge in [0.1, 0.15) is 23.3 Å². The lowest BCUT2D eigenvalue weighted by molar-refractivity contribution is -0.137. The van der Waals surface area contributed by atoms with Crippen molar-refractivity contribution in [1.82, 2.24) is 14.6 Å². The molecule has 0 unspecified atom stereocenters. The smallest absolute Gasteiger partial charge is 0.416 e. The molecule has 1 aliphatic heterocycles. The van der Waals surface area contributed by atoms with E-state index in [2.05, 4.69) is 10.3 Å². The van der Waals surface area contributed by atoms with Crippen LogP contribution in [0.1, 0.15) is 29.5 Å². The standard InChI is InChI=1S/C29H26F3N3O4S/c30-29(31,32)23-12-10-20(11-13-23)19-39-24-7-3-5-21(15-24)17-34-28(36)27-9-4-14-35(27)40(37,38)25-16-22-6-1-2-8-26(22)33-18-25/h1-3,5-8,10-13,15-16,18,27H,4,9,14,17,19H2,(H,34,36)/t27-/m0/s1. The van der Waals surface area contributed by atoms with Gasteiger partial charge in [0.25, 0.3) is 0 Å². The average molecular weight is 570 g/mol. The molecule has 2 heterocycles. The maximum Gasteiger partial charge on any atom is 0.416 e. The Labute approximate surface area is 229 Å². The first-order valence-electron chi connectivity index (χ1n) is 12.6. The summed E-state index contributed by atoms with van der Waals surface area (Å²) in [5, 5.41) is 3.52. The summed E-state index contributed by atoms with van der Waals surface area (Å²) < 4.78 is 72.0. The molecule has 1 saturated heterocycles. The molecule has 1 atom stereocenters. The molecule has 4 aromatic rings.